The van der Waals surface area contributed by atoms with E-state index in [1.165, 1.54) is 16.7 Å². The molecule has 1 N–H and O–H groups in total. The lowest BCUT2D eigenvalue weighted by Gasteiger charge is -2.17. The molecule has 7 heteroatoms. The van der Waals surface area contributed by atoms with Crippen LogP contribution in [-0.4, -0.2) is 46.4 Å². The van der Waals surface area contributed by atoms with Gasteiger partial charge in [-0.3, -0.25) is 4.79 Å². The number of halogens is 2. The molecule has 1 amide bonds. The number of carboxylic acids is 1. The topological polar surface area (TPSA) is 57.6 Å². The molecular formula is C14H15BrFNO3S. The molecule has 0 radical (unpaired) electrons. The first kappa shape index (κ1) is 16.3. The van der Waals surface area contributed by atoms with Crippen LogP contribution in [0.5, 0.6) is 0 Å². The van der Waals surface area contributed by atoms with Gasteiger partial charge in [0.1, 0.15) is 0 Å². The number of carboxylic acid groups (broad SMARTS) is 1. The summed E-state index contributed by atoms with van der Waals surface area (Å²) in [6.45, 7) is 1.74. The molecule has 114 valence electrons. The van der Waals surface area contributed by atoms with Crippen molar-refractivity contribution in [3.8, 4) is 0 Å². The van der Waals surface area contributed by atoms with Crippen LogP contribution >= 0.6 is 27.7 Å². The summed E-state index contributed by atoms with van der Waals surface area (Å²) in [5.74, 6) is -1.55. The van der Waals surface area contributed by atoms with Crippen LogP contribution in [0.3, 0.4) is 0 Å². The van der Waals surface area contributed by atoms with Gasteiger partial charge in [0, 0.05) is 22.3 Å². The number of carbonyl (C=O) groups excluding carboxylic acids is 1. The van der Waals surface area contributed by atoms with Gasteiger partial charge in [-0.05, 0) is 30.7 Å². The first-order chi connectivity index (χ1) is 9.82. The maximum atomic E-state index is 13.9. The number of aliphatic carboxylic acids is 1. The Hall–Kier alpha value is -1.08. The fourth-order valence-corrected chi connectivity index (χ4v) is 3.55. The van der Waals surface area contributed by atoms with Crippen LogP contribution in [0, 0.1) is 6.92 Å². The number of aryl methyl sites for hydroxylation is 1. The molecule has 0 spiro atoms. The lowest BCUT2D eigenvalue weighted by molar-refractivity contribution is -0.150. The summed E-state index contributed by atoms with van der Waals surface area (Å²) in [6, 6.07) is 5.77. The van der Waals surface area contributed by atoms with Gasteiger partial charge >= 0.3 is 5.97 Å². The summed E-state index contributed by atoms with van der Waals surface area (Å²) >= 11 is 4.75. The van der Waals surface area contributed by atoms with Gasteiger partial charge in [-0.15, -0.1) is 11.8 Å². The summed E-state index contributed by atoms with van der Waals surface area (Å²) in [7, 11) is 0. The van der Waals surface area contributed by atoms with Crippen LogP contribution in [0.2, 0.25) is 0 Å². The SMILES string of the molecule is Cc1cc(Br)ccc1SCC(=O)N1CCC(F)(C(=O)O)C1. The van der Waals surface area contributed by atoms with E-state index in [-0.39, 0.29) is 31.2 Å². The zero-order valence-electron chi connectivity index (χ0n) is 11.4. The Bertz CT molecular complexity index is 583. The second kappa shape index (κ2) is 6.36. The predicted octanol–water partition coefficient (Wildman–Crippen LogP) is 2.87. The molecule has 21 heavy (non-hydrogen) atoms. The zero-order chi connectivity index (χ0) is 15.6. The lowest BCUT2D eigenvalue weighted by Crippen LogP contribution is -2.39. The van der Waals surface area contributed by atoms with E-state index in [9.17, 15) is 14.0 Å². The highest BCUT2D eigenvalue weighted by Crippen LogP contribution is 2.29. The van der Waals surface area contributed by atoms with Crippen LogP contribution in [0.15, 0.2) is 27.6 Å². The van der Waals surface area contributed by atoms with Gasteiger partial charge in [0.15, 0.2) is 0 Å². The summed E-state index contributed by atoms with van der Waals surface area (Å²) in [4.78, 5) is 25.1. The molecule has 0 aromatic heterocycles. The fraction of sp³-hybridized carbons (Fsp3) is 0.429. The highest BCUT2D eigenvalue weighted by molar-refractivity contribution is 9.10. The zero-order valence-corrected chi connectivity index (χ0v) is 13.8. The Morgan fingerprint density at radius 3 is 2.81 bits per heavy atom. The Morgan fingerprint density at radius 1 is 1.52 bits per heavy atom. The highest BCUT2D eigenvalue weighted by atomic mass is 79.9. The van der Waals surface area contributed by atoms with Crippen molar-refractivity contribution in [3.63, 3.8) is 0 Å². The van der Waals surface area contributed by atoms with Crippen LogP contribution in [-0.2, 0) is 9.59 Å². The number of nitrogens with zero attached hydrogens (tertiary/aromatic N) is 1. The minimum atomic E-state index is -2.30. The first-order valence-electron chi connectivity index (χ1n) is 6.41. The number of hydrogen-bond donors (Lipinski definition) is 1. The van der Waals surface area contributed by atoms with E-state index in [1.807, 2.05) is 25.1 Å². The largest absolute Gasteiger partial charge is 0.479 e. The molecule has 1 aliphatic rings. The van der Waals surface area contributed by atoms with Crippen molar-refractivity contribution in [3.05, 3.63) is 28.2 Å². The number of thioether (sulfide) groups is 1. The molecule has 1 fully saturated rings. The third-order valence-corrected chi connectivity index (χ3v) is 5.10. The number of carbonyl (C=O) groups is 2. The van der Waals surface area contributed by atoms with Crippen LogP contribution in [0.1, 0.15) is 12.0 Å². The smallest absolute Gasteiger partial charge is 0.343 e. The molecule has 1 aromatic carbocycles. The molecule has 0 saturated carbocycles. The van der Waals surface area contributed by atoms with Crippen molar-refractivity contribution < 1.29 is 19.1 Å². The van der Waals surface area contributed by atoms with Crippen molar-refractivity contribution in [1.29, 1.82) is 0 Å². The lowest BCUT2D eigenvalue weighted by atomic mass is 10.1. The third-order valence-electron chi connectivity index (χ3n) is 3.44. The van der Waals surface area contributed by atoms with E-state index in [1.54, 1.807) is 0 Å². The highest BCUT2D eigenvalue weighted by Gasteiger charge is 2.46. The normalized spacial score (nSPS) is 21.6. The molecule has 1 atom stereocenters. The van der Waals surface area contributed by atoms with Crippen molar-refractivity contribution in [2.75, 3.05) is 18.8 Å². The van der Waals surface area contributed by atoms with Crippen molar-refractivity contribution >= 4 is 39.6 Å². The van der Waals surface area contributed by atoms with E-state index in [0.29, 0.717) is 0 Å². The molecule has 0 aliphatic carbocycles. The van der Waals surface area contributed by atoms with Gasteiger partial charge in [0.2, 0.25) is 11.6 Å². The molecule has 1 aromatic rings. The molecule has 4 nitrogen and oxygen atoms in total. The Labute approximate surface area is 134 Å². The van der Waals surface area contributed by atoms with Crippen LogP contribution in [0.4, 0.5) is 4.39 Å². The van der Waals surface area contributed by atoms with Gasteiger partial charge in [-0.25, -0.2) is 9.18 Å². The van der Waals surface area contributed by atoms with E-state index >= 15 is 0 Å². The minimum Gasteiger partial charge on any atom is -0.479 e. The molecule has 0 bridgehead atoms. The molecule has 1 heterocycles. The van der Waals surface area contributed by atoms with E-state index in [2.05, 4.69) is 15.9 Å². The average molecular weight is 376 g/mol. The molecular weight excluding hydrogens is 361 g/mol. The molecule has 2 rings (SSSR count). The van der Waals surface area contributed by atoms with Crippen molar-refractivity contribution in [1.82, 2.24) is 4.90 Å². The summed E-state index contributed by atoms with van der Waals surface area (Å²) in [5, 5.41) is 8.82. The molecule has 1 unspecified atom stereocenters. The van der Waals surface area contributed by atoms with Gasteiger partial charge in [-0.1, -0.05) is 15.9 Å². The second-order valence-corrected chi connectivity index (χ2v) is 6.97. The Kier molecular flexibility index (Phi) is 4.93. The van der Waals surface area contributed by atoms with Crippen molar-refractivity contribution in [2.24, 2.45) is 0 Å². The number of likely N-dealkylation sites (tertiary alicyclic amines) is 1. The third kappa shape index (κ3) is 3.77. The van der Waals surface area contributed by atoms with Gasteiger partial charge < -0.3 is 10.0 Å². The number of alkyl halides is 1. The van der Waals surface area contributed by atoms with E-state index in [0.717, 1.165) is 14.9 Å². The summed E-state index contributed by atoms with van der Waals surface area (Å²) in [5.41, 5.74) is -1.25. The second-order valence-electron chi connectivity index (χ2n) is 5.03. The minimum absolute atomic E-state index is 0.143. The van der Waals surface area contributed by atoms with Gasteiger partial charge in [-0.2, -0.15) is 0 Å². The molecule has 1 aliphatic heterocycles. The summed E-state index contributed by atoms with van der Waals surface area (Å²) < 4.78 is 14.9. The van der Waals surface area contributed by atoms with E-state index in [4.69, 9.17) is 5.11 Å². The quantitative estimate of drug-likeness (QED) is 0.822. The standard InChI is InChI=1S/C14H15BrFNO3S/c1-9-6-10(15)2-3-11(9)21-7-12(18)17-5-4-14(16,8-17)13(19)20/h2-3,6H,4-5,7-8H2,1H3,(H,19,20). The predicted molar refractivity (Wildman–Crippen MR) is 82.3 cm³/mol. The number of rotatable bonds is 4. The van der Waals surface area contributed by atoms with Crippen LogP contribution in [0.25, 0.3) is 0 Å². The fourth-order valence-electron chi connectivity index (χ4n) is 2.17. The maximum absolute atomic E-state index is 13.9. The molecule has 1 saturated heterocycles. The number of amides is 1. The first-order valence-corrected chi connectivity index (χ1v) is 8.19. The van der Waals surface area contributed by atoms with Crippen LogP contribution < -0.4 is 0 Å². The summed E-state index contributed by atoms with van der Waals surface area (Å²) in [6.07, 6.45) is -0.143. The van der Waals surface area contributed by atoms with Crippen molar-refractivity contribution in [2.45, 2.75) is 23.9 Å². The van der Waals surface area contributed by atoms with Gasteiger partial charge in [0.25, 0.3) is 0 Å². The Morgan fingerprint density at radius 2 is 2.24 bits per heavy atom. The van der Waals surface area contributed by atoms with E-state index < -0.39 is 11.6 Å². The monoisotopic (exact) mass is 375 g/mol. The Balaban J connectivity index is 1.93. The number of hydrogen-bond acceptors (Lipinski definition) is 3. The average Bonchev–Trinajstić information content (AvgIpc) is 2.82. The number of benzene rings is 1. The maximum Gasteiger partial charge on any atom is 0.343 e. The van der Waals surface area contributed by atoms with Gasteiger partial charge in [0.05, 0.1) is 12.3 Å².